The van der Waals surface area contributed by atoms with Crippen LogP contribution in [0.4, 0.5) is 9.18 Å². The van der Waals surface area contributed by atoms with Crippen LogP contribution in [0.5, 0.6) is 0 Å². The number of benzene rings is 1. The van der Waals surface area contributed by atoms with Crippen LogP contribution in [0.1, 0.15) is 16.9 Å². The number of halogens is 1. The van der Waals surface area contributed by atoms with Gasteiger partial charge in [-0.15, -0.1) is 0 Å². The summed E-state index contributed by atoms with van der Waals surface area (Å²) in [6.07, 6.45) is 0.572. The number of aromatic nitrogens is 2. The molecule has 7 nitrogen and oxygen atoms in total. The third-order valence-electron chi connectivity index (χ3n) is 4.55. The number of nitrogens with one attached hydrogen (secondary N) is 1. The summed E-state index contributed by atoms with van der Waals surface area (Å²) in [6, 6.07) is 7.19. The fourth-order valence-corrected chi connectivity index (χ4v) is 4.00. The molecule has 134 valence electrons. The van der Waals surface area contributed by atoms with Gasteiger partial charge in [-0.05, 0) is 36.8 Å². The maximum absolute atomic E-state index is 13.0. The SMILES string of the molecule is O=C(c1cc(-c2ccc(F)cc2)n[nH]1)N1CCC(N2C(=O)CSC2=O)C1. The Bertz CT molecular complexity index is 866. The summed E-state index contributed by atoms with van der Waals surface area (Å²) in [5.74, 6) is -0.599. The van der Waals surface area contributed by atoms with Crippen molar-refractivity contribution in [3.05, 3.63) is 41.8 Å². The van der Waals surface area contributed by atoms with E-state index in [0.717, 1.165) is 11.8 Å². The van der Waals surface area contributed by atoms with Crippen LogP contribution in [-0.4, -0.2) is 61.9 Å². The Kier molecular flexibility index (Phi) is 4.23. The molecule has 2 aliphatic rings. The van der Waals surface area contributed by atoms with Gasteiger partial charge in [-0.2, -0.15) is 5.10 Å². The second kappa shape index (κ2) is 6.56. The molecule has 9 heteroatoms. The Morgan fingerprint density at radius 3 is 2.73 bits per heavy atom. The monoisotopic (exact) mass is 374 g/mol. The number of carbonyl (C=O) groups excluding carboxylic acids is 3. The highest BCUT2D eigenvalue weighted by atomic mass is 32.2. The summed E-state index contributed by atoms with van der Waals surface area (Å²) in [5.41, 5.74) is 1.56. The van der Waals surface area contributed by atoms with Crippen molar-refractivity contribution in [2.75, 3.05) is 18.8 Å². The Hall–Kier alpha value is -2.68. The van der Waals surface area contributed by atoms with Crippen molar-refractivity contribution in [2.24, 2.45) is 0 Å². The molecule has 0 aliphatic carbocycles. The normalized spacial score (nSPS) is 20.3. The third-order valence-corrected chi connectivity index (χ3v) is 5.38. The summed E-state index contributed by atoms with van der Waals surface area (Å²) < 4.78 is 13.0. The van der Waals surface area contributed by atoms with Crippen LogP contribution < -0.4 is 0 Å². The minimum absolute atomic E-state index is 0.171. The van der Waals surface area contributed by atoms with Crippen LogP contribution in [0.25, 0.3) is 11.3 Å². The van der Waals surface area contributed by atoms with Gasteiger partial charge in [0.15, 0.2) is 0 Å². The van der Waals surface area contributed by atoms with Crippen molar-refractivity contribution in [2.45, 2.75) is 12.5 Å². The molecule has 1 atom stereocenters. The zero-order chi connectivity index (χ0) is 18.3. The van der Waals surface area contributed by atoms with Gasteiger partial charge < -0.3 is 4.90 Å². The summed E-state index contributed by atoms with van der Waals surface area (Å²) in [6.45, 7) is 0.790. The smallest absolute Gasteiger partial charge is 0.289 e. The van der Waals surface area contributed by atoms with Gasteiger partial charge in [-0.25, -0.2) is 4.39 Å². The Labute approximate surface area is 152 Å². The zero-order valence-corrected chi connectivity index (χ0v) is 14.5. The average molecular weight is 374 g/mol. The molecule has 0 bridgehead atoms. The lowest BCUT2D eigenvalue weighted by Crippen LogP contribution is -2.41. The van der Waals surface area contributed by atoms with Gasteiger partial charge in [-0.1, -0.05) is 11.8 Å². The van der Waals surface area contributed by atoms with Crippen LogP contribution in [-0.2, 0) is 4.79 Å². The van der Waals surface area contributed by atoms with Gasteiger partial charge in [0.05, 0.1) is 17.5 Å². The molecular formula is C17H15FN4O3S. The van der Waals surface area contributed by atoms with E-state index in [1.165, 1.54) is 17.0 Å². The molecule has 2 aliphatic heterocycles. The number of carbonyl (C=O) groups is 3. The topological polar surface area (TPSA) is 86.4 Å². The first kappa shape index (κ1) is 16.8. The quantitative estimate of drug-likeness (QED) is 0.889. The fourth-order valence-electron chi connectivity index (χ4n) is 3.22. The molecule has 2 fully saturated rings. The number of hydrogen-bond donors (Lipinski definition) is 1. The largest absolute Gasteiger partial charge is 0.335 e. The molecule has 0 saturated carbocycles. The third kappa shape index (κ3) is 2.98. The standard InChI is InChI=1S/C17H15FN4O3S/c18-11-3-1-10(2-4-11)13-7-14(20-19-13)16(24)21-6-5-12(8-21)22-15(23)9-26-17(22)25/h1-4,7,12H,5-6,8-9H2,(H,19,20). The van der Waals surface area contributed by atoms with Crippen LogP contribution >= 0.6 is 11.8 Å². The van der Waals surface area contributed by atoms with Gasteiger partial charge in [0.2, 0.25) is 5.91 Å². The maximum Gasteiger partial charge on any atom is 0.289 e. The molecule has 26 heavy (non-hydrogen) atoms. The number of aromatic amines is 1. The van der Waals surface area contributed by atoms with E-state index in [1.807, 2.05) is 0 Å². The van der Waals surface area contributed by atoms with E-state index < -0.39 is 0 Å². The van der Waals surface area contributed by atoms with Crippen molar-refractivity contribution in [3.8, 4) is 11.3 Å². The van der Waals surface area contributed by atoms with Crippen molar-refractivity contribution < 1.29 is 18.8 Å². The van der Waals surface area contributed by atoms with Crippen molar-refractivity contribution in [1.82, 2.24) is 20.0 Å². The number of imide groups is 1. The highest BCUT2D eigenvalue weighted by molar-refractivity contribution is 8.14. The van der Waals surface area contributed by atoms with Crippen molar-refractivity contribution >= 4 is 28.8 Å². The van der Waals surface area contributed by atoms with Crippen LogP contribution in [0, 0.1) is 5.82 Å². The average Bonchev–Trinajstić information content (AvgIpc) is 3.35. The summed E-state index contributed by atoms with van der Waals surface area (Å²) in [5, 5.41) is 6.58. The Morgan fingerprint density at radius 1 is 1.27 bits per heavy atom. The molecule has 4 rings (SSSR count). The molecule has 1 aromatic heterocycles. The number of nitrogens with zero attached hydrogens (tertiary/aromatic N) is 3. The number of H-pyrrole nitrogens is 1. The van der Waals surface area contributed by atoms with Gasteiger partial charge in [0.25, 0.3) is 11.1 Å². The van der Waals surface area contributed by atoms with E-state index in [4.69, 9.17) is 0 Å². The van der Waals surface area contributed by atoms with Gasteiger partial charge in [0, 0.05) is 18.7 Å². The molecule has 1 unspecified atom stereocenters. The summed E-state index contributed by atoms with van der Waals surface area (Å²) >= 11 is 0.999. The summed E-state index contributed by atoms with van der Waals surface area (Å²) in [4.78, 5) is 39.2. The number of hydrogen-bond acceptors (Lipinski definition) is 5. The van der Waals surface area contributed by atoms with E-state index in [9.17, 15) is 18.8 Å². The Balaban J connectivity index is 1.46. The van der Waals surface area contributed by atoms with Gasteiger partial charge in [0.1, 0.15) is 11.5 Å². The first-order chi connectivity index (χ1) is 12.5. The second-order valence-corrected chi connectivity index (χ2v) is 7.11. The second-order valence-electron chi connectivity index (χ2n) is 6.19. The summed E-state index contributed by atoms with van der Waals surface area (Å²) in [7, 11) is 0. The highest BCUT2D eigenvalue weighted by Gasteiger charge is 2.40. The van der Waals surface area contributed by atoms with Crippen LogP contribution in [0.2, 0.25) is 0 Å². The predicted octanol–water partition coefficient (Wildman–Crippen LogP) is 2.13. The van der Waals surface area contributed by atoms with Crippen LogP contribution in [0.3, 0.4) is 0 Å². The fraction of sp³-hybridized carbons (Fsp3) is 0.294. The minimum atomic E-state index is -0.340. The molecule has 3 amide bonds. The molecule has 1 aromatic carbocycles. The maximum atomic E-state index is 13.0. The number of thioether (sulfide) groups is 1. The lowest BCUT2D eigenvalue weighted by molar-refractivity contribution is -0.126. The van der Waals surface area contributed by atoms with Crippen molar-refractivity contribution in [3.63, 3.8) is 0 Å². The van der Waals surface area contributed by atoms with Gasteiger partial charge >= 0.3 is 0 Å². The lowest BCUT2D eigenvalue weighted by Gasteiger charge is -2.21. The molecule has 1 N–H and O–H groups in total. The number of rotatable bonds is 3. The Morgan fingerprint density at radius 2 is 2.04 bits per heavy atom. The van der Waals surface area contributed by atoms with E-state index in [2.05, 4.69) is 10.2 Å². The zero-order valence-electron chi connectivity index (χ0n) is 13.6. The van der Waals surface area contributed by atoms with E-state index in [1.54, 1.807) is 23.1 Å². The van der Waals surface area contributed by atoms with E-state index >= 15 is 0 Å². The number of likely N-dealkylation sites (tertiary alicyclic amines) is 1. The molecule has 2 saturated heterocycles. The lowest BCUT2D eigenvalue weighted by atomic mass is 10.1. The van der Waals surface area contributed by atoms with Crippen molar-refractivity contribution in [1.29, 1.82) is 0 Å². The first-order valence-electron chi connectivity index (χ1n) is 8.12. The van der Waals surface area contributed by atoms with Crippen LogP contribution in [0.15, 0.2) is 30.3 Å². The molecular weight excluding hydrogens is 359 g/mol. The molecule has 2 aromatic rings. The van der Waals surface area contributed by atoms with E-state index in [0.29, 0.717) is 36.5 Å². The predicted molar refractivity (Wildman–Crippen MR) is 93.0 cm³/mol. The highest BCUT2D eigenvalue weighted by Crippen LogP contribution is 2.27. The van der Waals surface area contributed by atoms with Gasteiger partial charge in [-0.3, -0.25) is 24.4 Å². The first-order valence-corrected chi connectivity index (χ1v) is 9.11. The molecule has 3 heterocycles. The number of amides is 3. The minimum Gasteiger partial charge on any atom is -0.335 e. The van der Waals surface area contributed by atoms with E-state index in [-0.39, 0.29) is 34.7 Å². The molecule has 0 spiro atoms. The molecule has 0 radical (unpaired) electrons.